The molecule has 3 nitrogen and oxygen atoms in total. The minimum absolute atomic E-state index is 0.0186. The molecule has 0 amide bonds. The van der Waals surface area contributed by atoms with Crippen molar-refractivity contribution < 1.29 is 4.42 Å². The molecule has 0 bridgehead atoms. The summed E-state index contributed by atoms with van der Waals surface area (Å²) in [6.07, 6.45) is 0. The van der Waals surface area contributed by atoms with Gasteiger partial charge in [0.1, 0.15) is 11.2 Å². The zero-order valence-electron chi connectivity index (χ0n) is 35.8. The largest absolute Gasteiger partial charge is 0.456 e. The Kier molecular flexibility index (Phi) is 7.28. The van der Waals surface area contributed by atoms with E-state index in [1.165, 1.54) is 98.5 Å². The summed E-state index contributed by atoms with van der Waals surface area (Å²) < 4.78 is 9.62. The van der Waals surface area contributed by atoms with Gasteiger partial charge in [-0.3, -0.25) is 0 Å². The van der Waals surface area contributed by atoms with Gasteiger partial charge in [-0.1, -0.05) is 172 Å². The Balaban J connectivity index is 1.19. The molecule has 5 heterocycles. The zero-order chi connectivity index (χ0) is 42.5. The molecular formula is C59H41BN2OS. The Bertz CT molecular complexity index is 3690. The molecule has 3 aliphatic heterocycles. The van der Waals surface area contributed by atoms with Gasteiger partial charge in [0.15, 0.2) is 0 Å². The van der Waals surface area contributed by atoms with Crippen LogP contribution in [0.2, 0.25) is 0 Å². The van der Waals surface area contributed by atoms with Gasteiger partial charge in [-0.15, -0.1) is 11.3 Å². The molecule has 0 N–H and O–H groups in total. The molecule has 0 atom stereocenters. The van der Waals surface area contributed by atoms with Gasteiger partial charge in [-0.05, 0) is 92.2 Å². The Morgan fingerprint density at radius 2 is 1.22 bits per heavy atom. The van der Waals surface area contributed by atoms with E-state index in [-0.39, 0.29) is 12.3 Å². The third kappa shape index (κ3) is 4.62. The summed E-state index contributed by atoms with van der Waals surface area (Å²) in [7, 11) is 0. The van der Waals surface area contributed by atoms with Crippen LogP contribution in [0.5, 0.6) is 0 Å². The first-order valence-corrected chi connectivity index (χ1v) is 23.2. The summed E-state index contributed by atoms with van der Waals surface area (Å²) in [5.74, 6) is 0. The van der Waals surface area contributed by atoms with E-state index in [9.17, 15) is 0 Å². The number of rotatable bonds is 3. The molecule has 0 aliphatic carbocycles. The van der Waals surface area contributed by atoms with Gasteiger partial charge in [0.2, 0.25) is 0 Å². The van der Waals surface area contributed by atoms with E-state index in [0.717, 1.165) is 21.9 Å². The molecule has 11 aromatic rings. The van der Waals surface area contributed by atoms with E-state index in [4.69, 9.17) is 4.42 Å². The summed E-state index contributed by atoms with van der Waals surface area (Å²) in [5, 5.41) is 4.86. The topological polar surface area (TPSA) is 19.6 Å². The van der Waals surface area contributed by atoms with Crippen molar-refractivity contribution in [2.24, 2.45) is 0 Å². The van der Waals surface area contributed by atoms with Crippen LogP contribution in [-0.2, 0) is 10.8 Å². The Labute approximate surface area is 376 Å². The highest BCUT2D eigenvalue weighted by Crippen LogP contribution is 2.61. The molecular weight excluding hydrogens is 796 g/mol. The quantitative estimate of drug-likeness (QED) is 0.165. The number of hydrogen-bond donors (Lipinski definition) is 0. The molecule has 0 spiro atoms. The van der Waals surface area contributed by atoms with E-state index >= 15 is 0 Å². The highest BCUT2D eigenvalue weighted by Gasteiger charge is 2.54. The Morgan fingerprint density at radius 1 is 0.547 bits per heavy atom. The number of furan rings is 1. The highest BCUT2D eigenvalue weighted by molar-refractivity contribution is 7.26. The standard InChI is InChI=1S/C59H41BN2OS/c1-58(2,3)36-29-31-39(32-30-36)62-48-34-33-41-40-21-11-15-28-51(40)64-57(41)52(48)43-35-50-53(42-22-10-14-27-49(42)63-50)56-54(43)60(62)46-25-16-24-45-55(46)61(56)47-26-13-12-23-44(47)59(45,37-17-6-4-7-18-37)38-19-8-5-9-20-38/h4-35H,1-3H3. The van der Waals surface area contributed by atoms with Gasteiger partial charge in [0, 0.05) is 48.2 Å². The van der Waals surface area contributed by atoms with Crippen LogP contribution in [0.1, 0.15) is 48.6 Å². The Hall–Kier alpha value is -7.34. The molecule has 0 unspecified atom stereocenters. The van der Waals surface area contributed by atoms with Gasteiger partial charge < -0.3 is 14.1 Å². The molecule has 3 aliphatic rings. The maximum atomic E-state index is 7.02. The maximum absolute atomic E-state index is 7.02. The summed E-state index contributed by atoms with van der Waals surface area (Å²) in [5.41, 5.74) is 18.6. The maximum Gasteiger partial charge on any atom is 0.333 e. The summed E-state index contributed by atoms with van der Waals surface area (Å²) >= 11 is 1.90. The fourth-order valence-corrected chi connectivity index (χ4v) is 13.1. The van der Waals surface area contributed by atoms with Crippen LogP contribution in [-0.4, -0.2) is 6.85 Å². The highest BCUT2D eigenvalue weighted by atomic mass is 32.1. The fourth-order valence-electron chi connectivity index (χ4n) is 11.8. The summed E-state index contributed by atoms with van der Waals surface area (Å²) in [4.78, 5) is 5.31. The van der Waals surface area contributed by atoms with E-state index < -0.39 is 5.41 Å². The van der Waals surface area contributed by atoms with E-state index in [2.05, 4.69) is 225 Å². The molecule has 9 aromatic carbocycles. The van der Waals surface area contributed by atoms with Gasteiger partial charge >= 0.3 is 6.85 Å². The molecule has 0 fully saturated rings. The second-order valence-electron chi connectivity index (χ2n) is 18.7. The van der Waals surface area contributed by atoms with Gasteiger partial charge in [0.25, 0.3) is 0 Å². The number of anilines is 5. The lowest BCUT2D eigenvalue weighted by Crippen LogP contribution is -2.62. The molecule has 5 heteroatoms. The van der Waals surface area contributed by atoms with Crippen LogP contribution in [0.3, 0.4) is 0 Å². The van der Waals surface area contributed by atoms with E-state index in [1.807, 2.05) is 11.3 Å². The number of hydrogen-bond acceptors (Lipinski definition) is 4. The molecule has 0 saturated heterocycles. The zero-order valence-corrected chi connectivity index (χ0v) is 36.6. The average Bonchev–Trinajstić information content (AvgIpc) is 3.91. The lowest BCUT2D eigenvalue weighted by atomic mass is 9.42. The van der Waals surface area contributed by atoms with Crippen molar-refractivity contribution in [2.45, 2.75) is 31.6 Å². The van der Waals surface area contributed by atoms with Crippen LogP contribution >= 0.6 is 11.3 Å². The van der Waals surface area contributed by atoms with Crippen LogP contribution in [0, 0.1) is 0 Å². The minimum Gasteiger partial charge on any atom is -0.456 e. The molecule has 0 radical (unpaired) electrons. The van der Waals surface area contributed by atoms with Crippen molar-refractivity contribution >= 4 is 99.7 Å². The normalized spacial score (nSPS) is 14.5. The Morgan fingerprint density at radius 3 is 1.98 bits per heavy atom. The van der Waals surface area contributed by atoms with Crippen LogP contribution < -0.4 is 20.6 Å². The smallest absolute Gasteiger partial charge is 0.333 e. The summed E-state index contributed by atoms with van der Waals surface area (Å²) in [6, 6.07) is 72.8. The SMILES string of the molecule is CC(C)(C)c1ccc(N2B3c4cccc5c4N(c4ccccc4C5(c4ccccc4)c4ccccc4)c4c3c(cc3oc5ccccc5c43)-c3c2ccc2c3sc3ccccc32)cc1. The number of fused-ring (bicyclic) bond motifs is 14. The van der Waals surface area contributed by atoms with Crippen LogP contribution in [0.25, 0.3) is 53.2 Å². The lowest BCUT2D eigenvalue weighted by Gasteiger charge is -2.52. The van der Waals surface area contributed by atoms with Crippen molar-refractivity contribution in [3.05, 3.63) is 222 Å². The minimum atomic E-state index is -0.608. The van der Waals surface area contributed by atoms with Crippen molar-refractivity contribution in [1.29, 1.82) is 0 Å². The third-order valence-corrected chi connectivity index (χ3v) is 15.7. The average molecular weight is 837 g/mol. The van der Waals surface area contributed by atoms with Gasteiger partial charge in [-0.25, -0.2) is 0 Å². The van der Waals surface area contributed by atoms with Crippen LogP contribution in [0.4, 0.5) is 28.4 Å². The molecule has 0 saturated carbocycles. The van der Waals surface area contributed by atoms with Gasteiger partial charge in [0.05, 0.1) is 22.2 Å². The third-order valence-electron chi connectivity index (χ3n) is 14.5. The molecule has 2 aromatic heterocycles. The molecule has 14 rings (SSSR count). The van der Waals surface area contributed by atoms with Crippen molar-refractivity contribution in [3.63, 3.8) is 0 Å². The van der Waals surface area contributed by atoms with E-state index in [0.29, 0.717) is 0 Å². The number of para-hydroxylation sites is 3. The summed E-state index contributed by atoms with van der Waals surface area (Å²) in [6.45, 7) is 6.74. The van der Waals surface area contributed by atoms with Crippen molar-refractivity contribution in [3.8, 4) is 11.1 Å². The van der Waals surface area contributed by atoms with Crippen LogP contribution in [0.15, 0.2) is 199 Å². The molecule has 64 heavy (non-hydrogen) atoms. The predicted molar refractivity (Wildman–Crippen MR) is 271 cm³/mol. The lowest BCUT2D eigenvalue weighted by molar-refractivity contribution is 0.590. The monoisotopic (exact) mass is 836 g/mol. The second-order valence-corrected chi connectivity index (χ2v) is 19.8. The second kappa shape index (κ2) is 12.9. The van der Waals surface area contributed by atoms with Crippen molar-refractivity contribution in [1.82, 2.24) is 0 Å². The van der Waals surface area contributed by atoms with Gasteiger partial charge in [-0.2, -0.15) is 0 Å². The molecule has 302 valence electrons. The predicted octanol–water partition coefficient (Wildman–Crippen LogP) is 14.7. The first kappa shape index (κ1) is 36.2. The number of nitrogens with zero attached hydrogens (tertiary/aromatic N) is 2. The first-order chi connectivity index (χ1) is 31.4. The number of benzene rings is 9. The van der Waals surface area contributed by atoms with E-state index in [1.54, 1.807) is 0 Å². The van der Waals surface area contributed by atoms with Crippen molar-refractivity contribution in [2.75, 3.05) is 9.71 Å². The number of thiophene rings is 1. The first-order valence-electron chi connectivity index (χ1n) is 22.4. The fraction of sp³-hybridized carbons (Fsp3) is 0.0847.